The van der Waals surface area contributed by atoms with Crippen LogP contribution in [0.5, 0.6) is 0 Å². The van der Waals surface area contributed by atoms with Crippen LogP contribution in [0.4, 0.5) is 11.4 Å². The maximum absolute atomic E-state index is 11.6. The molecule has 0 radical (unpaired) electrons. The number of amides is 1. The van der Waals surface area contributed by atoms with Crippen molar-refractivity contribution >= 4 is 34.3 Å². The summed E-state index contributed by atoms with van der Waals surface area (Å²) >= 11 is 0. The van der Waals surface area contributed by atoms with E-state index in [0.29, 0.717) is 18.9 Å². The first kappa shape index (κ1) is 11.3. The molecular weight excluding hydrogens is 254 g/mol. The van der Waals surface area contributed by atoms with Crippen molar-refractivity contribution in [3.63, 3.8) is 0 Å². The number of aryl methyl sites for hydroxylation is 1. The second kappa shape index (κ2) is 3.75. The summed E-state index contributed by atoms with van der Waals surface area (Å²) in [5.41, 5.74) is 4.64. The van der Waals surface area contributed by atoms with Gasteiger partial charge < -0.3 is 9.80 Å². The van der Waals surface area contributed by atoms with E-state index in [0.717, 1.165) is 28.1 Å². The van der Waals surface area contributed by atoms with Crippen LogP contribution in [0, 0.1) is 6.92 Å². The Morgan fingerprint density at radius 2 is 2.15 bits per heavy atom. The molecule has 1 aromatic carbocycles. The van der Waals surface area contributed by atoms with Gasteiger partial charge in [-0.05, 0) is 19.1 Å². The molecule has 0 aliphatic carbocycles. The van der Waals surface area contributed by atoms with E-state index in [4.69, 9.17) is 0 Å². The number of benzene rings is 1. The van der Waals surface area contributed by atoms with Gasteiger partial charge in [-0.2, -0.15) is 4.99 Å². The van der Waals surface area contributed by atoms with Gasteiger partial charge in [0.15, 0.2) is 0 Å². The summed E-state index contributed by atoms with van der Waals surface area (Å²) in [5.74, 6) is 0.620. The second-order valence-corrected chi connectivity index (χ2v) is 5.08. The lowest BCUT2D eigenvalue weighted by Crippen LogP contribution is -2.41. The molecule has 0 fully saturated rings. The normalized spacial score (nSPS) is 17.3. The zero-order chi connectivity index (χ0) is 13.9. The monoisotopic (exact) mass is 267 g/mol. The van der Waals surface area contributed by atoms with Crippen molar-refractivity contribution in [2.45, 2.75) is 13.3 Å². The predicted octanol–water partition coefficient (Wildman–Crippen LogP) is 1.48. The molecule has 2 aliphatic rings. The van der Waals surface area contributed by atoms with Gasteiger partial charge in [0.1, 0.15) is 5.52 Å². The van der Waals surface area contributed by atoms with Crippen molar-refractivity contribution in [2.24, 2.45) is 4.99 Å². The lowest BCUT2D eigenvalue weighted by Gasteiger charge is -2.23. The molecular formula is C14H13N5O. The smallest absolute Gasteiger partial charge is 0.250 e. The molecule has 0 spiro atoms. The number of fused-ring (bicyclic) bond motifs is 5. The van der Waals surface area contributed by atoms with Crippen LogP contribution in [0.2, 0.25) is 0 Å². The quantitative estimate of drug-likeness (QED) is 0.723. The summed E-state index contributed by atoms with van der Waals surface area (Å²) in [6.45, 7) is 2.57. The van der Waals surface area contributed by atoms with Crippen molar-refractivity contribution in [3.05, 3.63) is 24.0 Å². The van der Waals surface area contributed by atoms with E-state index in [2.05, 4.69) is 19.9 Å². The Kier molecular flexibility index (Phi) is 2.13. The molecule has 6 heteroatoms. The number of rotatable bonds is 0. The van der Waals surface area contributed by atoms with E-state index >= 15 is 0 Å². The first-order chi connectivity index (χ1) is 9.65. The number of guanidine groups is 1. The number of nitrogens with zero attached hydrogens (tertiary/aromatic N) is 5. The van der Waals surface area contributed by atoms with E-state index in [9.17, 15) is 4.79 Å². The van der Waals surface area contributed by atoms with Gasteiger partial charge >= 0.3 is 0 Å². The van der Waals surface area contributed by atoms with Crippen LogP contribution < -0.4 is 9.80 Å². The number of hydrogen-bond donors (Lipinski definition) is 0. The standard InChI is InChI=1S/C14H13N5O/c1-8-7-15-9-3-4-10-13(12(9)16-8)19-6-5-11(20)17-14(19)18(10)2/h3-4,7H,5-6H2,1-2H3. The summed E-state index contributed by atoms with van der Waals surface area (Å²) in [7, 11) is 1.92. The van der Waals surface area contributed by atoms with Crippen molar-refractivity contribution in [1.29, 1.82) is 0 Å². The topological polar surface area (TPSA) is 61.7 Å². The van der Waals surface area contributed by atoms with Crippen LogP contribution in [-0.4, -0.2) is 35.4 Å². The maximum atomic E-state index is 11.6. The van der Waals surface area contributed by atoms with Crippen LogP contribution >= 0.6 is 0 Å². The molecule has 100 valence electrons. The van der Waals surface area contributed by atoms with Gasteiger partial charge in [0.25, 0.3) is 5.91 Å². The Balaban J connectivity index is 2.04. The summed E-state index contributed by atoms with van der Waals surface area (Å²) in [6, 6.07) is 3.96. The molecule has 6 nitrogen and oxygen atoms in total. The fourth-order valence-electron chi connectivity index (χ4n) is 2.79. The SMILES string of the molecule is Cc1cnc2ccc3c(c2n1)N1CCC(=O)N=C1N3C. The van der Waals surface area contributed by atoms with E-state index in [1.165, 1.54) is 0 Å². The molecule has 20 heavy (non-hydrogen) atoms. The molecule has 2 aromatic rings. The Morgan fingerprint density at radius 3 is 3.00 bits per heavy atom. The fraction of sp³-hybridized carbons (Fsp3) is 0.286. The van der Waals surface area contributed by atoms with Crippen molar-refractivity contribution in [2.75, 3.05) is 23.4 Å². The highest BCUT2D eigenvalue weighted by Gasteiger charge is 2.35. The van der Waals surface area contributed by atoms with Crippen molar-refractivity contribution in [1.82, 2.24) is 9.97 Å². The lowest BCUT2D eigenvalue weighted by atomic mass is 10.2. The van der Waals surface area contributed by atoms with E-state index < -0.39 is 0 Å². The zero-order valence-corrected chi connectivity index (χ0v) is 11.3. The summed E-state index contributed by atoms with van der Waals surface area (Å²) in [5, 5.41) is 0. The number of carbonyl (C=O) groups is 1. The van der Waals surface area contributed by atoms with Gasteiger partial charge in [0.05, 0.1) is 22.6 Å². The molecule has 4 rings (SSSR count). The summed E-state index contributed by atoms with van der Waals surface area (Å²) in [4.78, 5) is 28.7. The highest BCUT2D eigenvalue weighted by molar-refractivity contribution is 6.23. The number of aromatic nitrogens is 2. The molecule has 0 N–H and O–H groups in total. The number of carbonyl (C=O) groups excluding carboxylic acids is 1. The average Bonchev–Trinajstić information content (AvgIpc) is 2.72. The largest absolute Gasteiger partial charge is 0.313 e. The van der Waals surface area contributed by atoms with Gasteiger partial charge in [0, 0.05) is 26.2 Å². The predicted molar refractivity (Wildman–Crippen MR) is 77.1 cm³/mol. The Morgan fingerprint density at radius 1 is 1.30 bits per heavy atom. The number of aliphatic imine (C=N–C) groups is 1. The third kappa shape index (κ3) is 1.39. The van der Waals surface area contributed by atoms with Crippen LogP contribution in [-0.2, 0) is 4.79 Å². The fourth-order valence-corrected chi connectivity index (χ4v) is 2.79. The minimum atomic E-state index is -0.0672. The molecule has 2 aliphatic heterocycles. The zero-order valence-electron chi connectivity index (χ0n) is 11.3. The van der Waals surface area contributed by atoms with Crippen molar-refractivity contribution in [3.8, 4) is 0 Å². The molecule has 1 aromatic heterocycles. The number of hydrogen-bond acceptors (Lipinski definition) is 5. The van der Waals surface area contributed by atoms with Crippen LogP contribution in [0.25, 0.3) is 11.0 Å². The highest BCUT2D eigenvalue weighted by Crippen LogP contribution is 2.41. The molecule has 1 amide bonds. The molecule has 0 atom stereocenters. The van der Waals surface area contributed by atoms with E-state index in [1.807, 2.05) is 31.0 Å². The molecule has 0 bridgehead atoms. The van der Waals surface area contributed by atoms with E-state index in [1.54, 1.807) is 6.20 Å². The third-order valence-electron chi connectivity index (χ3n) is 3.73. The molecule has 0 unspecified atom stereocenters. The summed E-state index contributed by atoms with van der Waals surface area (Å²) in [6.07, 6.45) is 2.20. The third-order valence-corrected chi connectivity index (χ3v) is 3.73. The van der Waals surface area contributed by atoms with Gasteiger partial charge in [-0.1, -0.05) is 0 Å². The molecule has 0 saturated heterocycles. The van der Waals surface area contributed by atoms with Gasteiger partial charge in [-0.3, -0.25) is 9.78 Å². The van der Waals surface area contributed by atoms with Gasteiger partial charge in [-0.25, -0.2) is 4.98 Å². The van der Waals surface area contributed by atoms with Crippen molar-refractivity contribution < 1.29 is 4.79 Å². The first-order valence-electron chi connectivity index (χ1n) is 6.54. The first-order valence-corrected chi connectivity index (χ1v) is 6.54. The minimum Gasteiger partial charge on any atom is -0.313 e. The van der Waals surface area contributed by atoms with Gasteiger partial charge in [-0.15, -0.1) is 0 Å². The Labute approximate surface area is 115 Å². The summed E-state index contributed by atoms with van der Waals surface area (Å²) < 4.78 is 0. The van der Waals surface area contributed by atoms with Gasteiger partial charge in [0.2, 0.25) is 5.96 Å². The molecule has 0 saturated carbocycles. The second-order valence-electron chi connectivity index (χ2n) is 5.08. The van der Waals surface area contributed by atoms with Crippen LogP contribution in [0.15, 0.2) is 23.3 Å². The van der Waals surface area contributed by atoms with E-state index in [-0.39, 0.29) is 5.91 Å². The minimum absolute atomic E-state index is 0.0672. The Bertz CT molecular complexity index is 782. The highest BCUT2D eigenvalue weighted by atomic mass is 16.1. The van der Waals surface area contributed by atoms with Crippen LogP contribution in [0.1, 0.15) is 12.1 Å². The average molecular weight is 267 g/mol. The molecule has 3 heterocycles. The lowest BCUT2D eigenvalue weighted by molar-refractivity contribution is -0.117. The number of anilines is 2. The van der Waals surface area contributed by atoms with Crippen LogP contribution in [0.3, 0.4) is 0 Å². The Hall–Kier alpha value is -2.50. The maximum Gasteiger partial charge on any atom is 0.250 e.